The highest BCUT2D eigenvalue weighted by Gasteiger charge is 2.22. The average molecular weight is 539 g/mol. The largest absolute Gasteiger partial charge is 0.478 e. The van der Waals surface area contributed by atoms with Gasteiger partial charge >= 0.3 is 29.8 Å². The quantitative estimate of drug-likeness (QED) is 0.144. The summed E-state index contributed by atoms with van der Waals surface area (Å²) in [6, 6.07) is 0. The Morgan fingerprint density at radius 2 is 1.13 bits per heavy atom. The van der Waals surface area contributed by atoms with Crippen LogP contribution >= 0.6 is 0 Å². The number of rotatable bonds is 14. The molecule has 0 spiro atoms. The van der Waals surface area contributed by atoms with Gasteiger partial charge in [0.05, 0.1) is 13.2 Å². The monoisotopic (exact) mass is 538 g/mol. The van der Waals surface area contributed by atoms with Gasteiger partial charge in [-0.2, -0.15) is 0 Å². The van der Waals surface area contributed by atoms with Crippen LogP contribution in [0.3, 0.4) is 0 Å². The third-order valence-electron chi connectivity index (χ3n) is 3.85. The average Bonchev–Trinajstić information content (AvgIpc) is 2.82. The van der Waals surface area contributed by atoms with Crippen LogP contribution in [0.25, 0.3) is 0 Å². The van der Waals surface area contributed by atoms with E-state index >= 15 is 0 Å². The number of carboxylic acid groups (broad SMARTS) is 1. The van der Waals surface area contributed by atoms with Crippen LogP contribution in [-0.2, 0) is 42.9 Å². The first-order chi connectivity index (χ1) is 17.5. The molecule has 214 valence electrons. The van der Waals surface area contributed by atoms with E-state index in [1.165, 1.54) is 20.8 Å². The Labute approximate surface area is 225 Å². The Morgan fingerprint density at radius 1 is 0.684 bits per heavy atom. The summed E-state index contributed by atoms with van der Waals surface area (Å²) in [5.41, 5.74) is 1.18. The third kappa shape index (κ3) is 22.5. The molecule has 0 aromatic carbocycles. The highest BCUT2D eigenvalue weighted by molar-refractivity contribution is 5.89. The van der Waals surface area contributed by atoms with Crippen LogP contribution < -0.4 is 0 Å². The van der Waals surface area contributed by atoms with Gasteiger partial charge in [-0.05, 0) is 41.0 Å². The molecule has 0 aliphatic carbocycles. The zero-order valence-corrected chi connectivity index (χ0v) is 23.5. The molecule has 0 amide bonds. The number of aliphatic carboxylic acids is 1. The van der Waals surface area contributed by atoms with Crippen LogP contribution in [0.5, 0.6) is 0 Å². The first kappa shape index (κ1) is 38.6. The lowest BCUT2D eigenvalue weighted by Crippen LogP contribution is -2.27. The van der Waals surface area contributed by atoms with E-state index in [1.54, 1.807) is 13.8 Å². The lowest BCUT2D eigenvalue weighted by atomic mass is 10.1. The highest BCUT2D eigenvalue weighted by Crippen LogP contribution is 2.12. The molecule has 10 nitrogen and oxygen atoms in total. The Bertz CT molecular complexity index is 883. The zero-order chi connectivity index (χ0) is 30.4. The molecule has 0 aliphatic heterocycles. The third-order valence-corrected chi connectivity index (χ3v) is 3.85. The summed E-state index contributed by atoms with van der Waals surface area (Å²) in [5.74, 6) is -3.06. The second-order valence-corrected chi connectivity index (χ2v) is 8.07. The van der Waals surface area contributed by atoms with Crippen LogP contribution in [0.4, 0.5) is 0 Å². The lowest BCUT2D eigenvalue weighted by molar-refractivity contribution is -0.154. The van der Waals surface area contributed by atoms with Gasteiger partial charge in [-0.25, -0.2) is 24.0 Å². The molecule has 0 bridgehead atoms. The van der Waals surface area contributed by atoms with Gasteiger partial charge in [-0.1, -0.05) is 46.2 Å². The first-order valence-corrected chi connectivity index (χ1v) is 11.8. The topological polar surface area (TPSA) is 142 Å². The predicted octanol–water partition coefficient (Wildman–Crippen LogP) is 4.66. The fourth-order valence-electron chi connectivity index (χ4n) is 1.70. The van der Waals surface area contributed by atoms with Crippen molar-refractivity contribution in [1.29, 1.82) is 0 Å². The fraction of sp³-hybridized carbons (Fsp3) is 0.464. The summed E-state index contributed by atoms with van der Waals surface area (Å²) in [5, 5.41) is 7.89. The molecule has 0 aromatic rings. The van der Waals surface area contributed by atoms with Crippen molar-refractivity contribution in [3.05, 3.63) is 60.8 Å². The minimum Gasteiger partial charge on any atom is -0.478 e. The molecular weight excluding hydrogens is 496 g/mol. The van der Waals surface area contributed by atoms with Crippen LogP contribution in [0.15, 0.2) is 60.8 Å². The smallest absolute Gasteiger partial charge is 0.333 e. The van der Waals surface area contributed by atoms with Crippen LogP contribution in [-0.4, -0.2) is 60.9 Å². The SMILES string of the molecule is C=C(C)C(=O)O.C=C(C)C(=O)OCC.C=C(C)C(=O)OCC(CC(=C)C(=O)OCCCC)OC(=O)C(=C)C. The summed E-state index contributed by atoms with van der Waals surface area (Å²) in [6.45, 7) is 27.5. The van der Waals surface area contributed by atoms with E-state index in [0.717, 1.165) is 12.8 Å². The van der Waals surface area contributed by atoms with E-state index in [1.807, 2.05) is 6.92 Å². The van der Waals surface area contributed by atoms with E-state index in [-0.39, 0.29) is 41.3 Å². The van der Waals surface area contributed by atoms with Gasteiger partial charge in [0, 0.05) is 34.3 Å². The molecule has 1 N–H and O–H groups in total. The molecule has 1 unspecified atom stereocenters. The summed E-state index contributed by atoms with van der Waals surface area (Å²) < 4.78 is 19.8. The van der Waals surface area contributed by atoms with Crippen molar-refractivity contribution >= 4 is 29.8 Å². The summed E-state index contributed by atoms with van der Waals surface area (Å²) in [4.78, 5) is 55.0. The van der Waals surface area contributed by atoms with E-state index < -0.39 is 30.0 Å². The normalized spacial score (nSPS) is 9.95. The molecule has 0 rings (SSSR count). The van der Waals surface area contributed by atoms with Crippen molar-refractivity contribution in [2.75, 3.05) is 19.8 Å². The molecule has 0 aromatic heterocycles. The summed E-state index contributed by atoms with van der Waals surface area (Å²) in [7, 11) is 0. The van der Waals surface area contributed by atoms with E-state index in [2.05, 4.69) is 37.6 Å². The van der Waals surface area contributed by atoms with Gasteiger partial charge in [0.1, 0.15) is 12.7 Å². The van der Waals surface area contributed by atoms with Crippen LogP contribution in [0.2, 0.25) is 0 Å². The maximum Gasteiger partial charge on any atom is 0.333 e. The number of carbonyl (C=O) groups excluding carboxylic acids is 4. The number of carboxylic acids is 1. The second kappa shape index (κ2) is 22.3. The Hall–Kier alpha value is -3.95. The summed E-state index contributed by atoms with van der Waals surface area (Å²) >= 11 is 0. The van der Waals surface area contributed by atoms with Crippen molar-refractivity contribution in [3.8, 4) is 0 Å². The van der Waals surface area contributed by atoms with Crippen molar-refractivity contribution in [1.82, 2.24) is 0 Å². The van der Waals surface area contributed by atoms with E-state index in [9.17, 15) is 24.0 Å². The summed E-state index contributed by atoms with van der Waals surface area (Å²) in [6.07, 6.45) is 0.787. The van der Waals surface area contributed by atoms with Gasteiger partial charge in [0.25, 0.3) is 0 Å². The van der Waals surface area contributed by atoms with Gasteiger partial charge in [0.15, 0.2) is 0 Å². The Balaban J connectivity index is -0.000000711. The highest BCUT2D eigenvalue weighted by atomic mass is 16.6. The molecule has 0 fully saturated rings. The minimum atomic E-state index is -0.935. The molecule has 10 heteroatoms. The number of carbonyl (C=O) groups is 5. The molecular formula is C28H42O10. The maximum atomic E-state index is 11.8. The van der Waals surface area contributed by atoms with Crippen molar-refractivity contribution in [2.24, 2.45) is 0 Å². The van der Waals surface area contributed by atoms with Crippen LogP contribution in [0, 0.1) is 0 Å². The van der Waals surface area contributed by atoms with Crippen molar-refractivity contribution < 1.29 is 48.0 Å². The lowest BCUT2D eigenvalue weighted by Gasteiger charge is -2.18. The number of hydrogen-bond donors (Lipinski definition) is 1. The number of hydrogen-bond acceptors (Lipinski definition) is 9. The number of esters is 4. The van der Waals surface area contributed by atoms with Crippen LogP contribution in [0.1, 0.15) is 60.8 Å². The molecule has 0 aliphatic rings. The predicted molar refractivity (Wildman–Crippen MR) is 144 cm³/mol. The molecule has 0 saturated heterocycles. The van der Waals surface area contributed by atoms with Gasteiger partial charge < -0.3 is 24.1 Å². The van der Waals surface area contributed by atoms with E-state index in [4.69, 9.17) is 19.3 Å². The van der Waals surface area contributed by atoms with Crippen molar-refractivity contribution in [3.63, 3.8) is 0 Å². The van der Waals surface area contributed by atoms with Gasteiger partial charge in [-0.15, -0.1) is 0 Å². The molecule has 0 heterocycles. The standard InChI is InChI=1S/C18H26O6.C6H10O2.C4H6O2/c1-7-8-9-22-18(21)14(6)10-15(24-17(20)13(4)5)11-23-16(19)12(2)3;1-4-8-6(7)5(2)3;1-3(2)4(5)6/h15H,2,4,6-11H2,1,3,5H3;2,4H2,1,3H3;1H2,2H3,(H,5,6). The first-order valence-electron chi connectivity index (χ1n) is 11.8. The zero-order valence-electron chi connectivity index (χ0n) is 23.5. The minimum absolute atomic E-state index is 0.00650. The Morgan fingerprint density at radius 3 is 1.47 bits per heavy atom. The molecule has 0 radical (unpaired) electrons. The number of unbranched alkanes of at least 4 members (excludes halogenated alkanes) is 1. The number of ether oxygens (including phenoxy) is 4. The second-order valence-electron chi connectivity index (χ2n) is 8.07. The Kier molecular flexibility index (Phi) is 22.6. The van der Waals surface area contributed by atoms with Gasteiger partial charge in [-0.3, -0.25) is 0 Å². The fourth-order valence-corrected chi connectivity index (χ4v) is 1.70. The molecule has 38 heavy (non-hydrogen) atoms. The van der Waals surface area contributed by atoms with E-state index in [0.29, 0.717) is 18.8 Å². The van der Waals surface area contributed by atoms with Crippen molar-refractivity contribution in [2.45, 2.75) is 66.9 Å². The maximum absolute atomic E-state index is 11.8. The molecule has 0 saturated carbocycles. The van der Waals surface area contributed by atoms with Gasteiger partial charge in [0.2, 0.25) is 0 Å². The molecule has 1 atom stereocenters.